The number of pyridine rings is 1. The number of ether oxygens (including phenoxy) is 1. The molecule has 1 aliphatic rings. The van der Waals surface area contributed by atoms with Crippen LogP contribution in [0.15, 0.2) is 36.7 Å². The average Bonchev–Trinajstić information content (AvgIpc) is 3.20. The molecule has 27 heavy (non-hydrogen) atoms. The van der Waals surface area contributed by atoms with Gasteiger partial charge in [0, 0.05) is 18.7 Å². The number of carbonyl (C=O) groups is 1. The van der Waals surface area contributed by atoms with Crippen molar-refractivity contribution in [2.75, 3.05) is 6.54 Å². The van der Waals surface area contributed by atoms with Crippen molar-refractivity contribution in [3.8, 4) is 11.1 Å². The molecular weight excluding hydrogens is 361 g/mol. The number of hydrogen-bond donors (Lipinski definition) is 1. The smallest absolute Gasteiger partial charge is 0.407 e. The van der Waals surface area contributed by atoms with E-state index in [0.717, 1.165) is 12.1 Å². The molecule has 1 fully saturated rings. The first-order valence-corrected chi connectivity index (χ1v) is 8.25. The molecule has 0 radical (unpaired) electrons. The monoisotopic (exact) mass is 376 g/mol. The van der Waals surface area contributed by atoms with E-state index in [2.05, 4.69) is 15.4 Å². The van der Waals surface area contributed by atoms with Gasteiger partial charge in [-0.2, -0.15) is 5.10 Å². The maximum Gasteiger partial charge on any atom is 0.407 e. The number of aromatic nitrogens is 3. The summed E-state index contributed by atoms with van der Waals surface area (Å²) in [6, 6.07) is 5.32. The molecule has 3 aromatic rings. The highest BCUT2D eigenvalue weighted by Gasteiger charge is 2.28. The fourth-order valence-electron chi connectivity index (χ4n) is 3.03. The summed E-state index contributed by atoms with van der Waals surface area (Å²) in [5, 5.41) is 6.81. The number of benzene rings is 1. The number of hydrogen-bond acceptors (Lipinski definition) is 4. The van der Waals surface area contributed by atoms with Crippen LogP contribution in [0.25, 0.3) is 22.2 Å². The zero-order valence-electron chi connectivity index (χ0n) is 14.2. The molecule has 140 valence electrons. The molecule has 9 heteroatoms. The predicted octanol–water partition coefficient (Wildman–Crippen LogP) is 3.46. The van der Waals surface area contributed by atoms with Crippen LogP contribution in [0.3, 0.4) is 0 Å². The van der Waals surface area contributed by atoms with Crippen LogP contribution in [0.4, 0.5) is 18.0 Å². The first-order chi connectivity index (χ1) is 12.8. The summed E-state index contributed by atoms with van der Waals surface area (Å²) >= 11 is 0. The molecule has 1 aromatic carbocycles. The van der Waals surface area contributed by atoms with E-state index in [-0.39, 0.29) is 6.10 Å². The van der Waals surface area contributed by atoms with Gasteiger partial charge in [0.15, 0.2) is 0 Å². The van der Waals surface area contributed by atoms with Crippen LogP contribution >= 0.6 is 0 Å². The van der Waals surface area contributed by atoms with Crippen LogP contribution in [0.5, 0.6) is 0 Å². The number of rotatable bonds is 4. The SMILES string of the molecule is CC(F)(F)c1cc(-c2cnc3cnn(C[C@H]4CNC(=O)O4)c3c2)ccc1F. The zero-order valence-corrected chi connectivity index (χ0v) is 14.2. The topological polar surface area (TPSA) is 69.0 Å². The Morgan fingerprint density at radius 1 is 1.30 bits per heavy atom. The van der Waals surface area contributed by atoms with E-state index in [0.29, 0.717) is 42.2 Å². The highest BCUT2D eigenvalue weighted by molar-refractivity contribution is 5.80. The van der Waals surface area contributed by atoms with Crippen molar-refractivity contribution in [2.45, 2.75) is 25.5 Å². The number of carbonyl (C=O) groups excluding carboxylic acids is 1. The third-order valence-electron chi connectivity index (χ3n) is 4.39. The second-order valence-electron chi connectivity index (χ2n) is 6.45. The Kier molecular flexibility index (Phi) is 4.01. The standard InChI is InChI=1S/C18H15F3N4O2/c1-18(20,21)13-4-10(2-3-14(13)19)11-5-16-15(22-6-11)8-24-25(16)9-12-7-23-17(26)27-12/h2-6,8,12H,7,9H2,1H3,(H,23,26)/t12-/m1/s1. The van der Waals surface area contributed by atoms with E-state index in [9.17, 15) is 18.0 Å². The summed E-state index contributed by atoms with van der Waals surface area (Å²) in [7, 11) is 0. The van der Waals surface area contributed by atoms with Gasteiger partial charge in [-0.05, 0) is 23.8 Å². The maximum atomic E-state index is 13.8. The van der Waals surface area contributed by atoms with Gasteiger partial charge < -0.3 is 10.1 Å². The van der Waals surface area contributed by atoms with Gasteiger partial charge in [-0.1, -0.05) is 6.07 Å². The summed E-state index contributed by atoms with van der Waals surface area (Å²) in [5.74, 6) is -4.25. The van der Waals surface area contributed by atoms with Crippen LogP contribution in [-0.4, -0.2) is 33.5 Å². The van der Waals surface area contributed by atoms with Crippen molar-refractivity contribution in [1.82, 2.24) is 20.1 Å². The number of fused-ring (bicyclic) bond motifs is 1. The Morgan fingerprint density at radius 2 is 2.11 bits per heavy atom. The van der Waals surface area contributed by atoms with Crippen molar-refractivity contribution in [2.24, 2.45) is 0 Å². The average molecular weight is 376 g/mol. The van der Waals surface area contributed by atoms with Crippen LogP contribution < -0.4 is 5.32 Å². The normalized spacial score (nSPS) is 17.2. The highest BCUT2D eigenvalue weighted by Crippen LogP contribution is 2.33. The van der Waals surface area contributed by atoms with Gasteiger partial charge >= 0.3 is 6.09 Å². The van der Waals surface area contributed by atoms with E-state index >= 15 is 0 Å². The molecule has 2 aromatic heterocycles. The molecule has 4 rings (SSSR count). The van der Waals surface area contributed by atoms with Crippen LogP contribution in [-0.2, 0) is 17.2 Å². The Morgan fingerprint density at radius 3 is 2.81 bits per heavy atom. The van der Waals surface area contributed by atoms with Crippen molar-refractivity contribution < 1.29 is 22.7 Å². The lowest BCUT2D eigenvalue weighted by molar-refractivity contribution is 0.0138. The number of nitrogens with one attached hydrogen (secondary N) is 1. The molecule has 0 saturated carbocycles. The molecule has 0 aliphatic carbocycles. The number of halogens is 3. The number of amides is 1. The molecule has 1 aliphatic heterocycles. The molecule has 0 spiro atoms. The predicted molar refractivity (Wildman–Crippen MR) is 90.8 cm³/mol. The van der Waals surface area contributed by atoms with Crippen molar-refractivity contribution >= 4 is 17.1 Å². The summed E-state index contributed by atoms with van der Waals surface area (Å²) in [6.45, 7) is 1.36. The third kappa shape index (κ3) is 3.32. The van der Waals surface area contributed by atoms with E-state index < -0.39 is 23.4 Å². The first-order valence-electron chi connectivity index (χ1n) is 8.25. The Hall–Kier alpha value is -3.10. The lowest BCUT2D eigenvalue weighted by atomic mass is 10.0. The number of alkyl halides is 2. The van der Waals surface area contributed by atoms with Crippen LogP contribution in [0.1, 0.15) is 12.5 Å². The third-order valence-corrected chi connectivity index (χ3v) is 4.39. The zero-order chi connectivity index (χ0) is 19.2. The van der Waals surface area contributed by atoms with Crippen molar-refractivity contribution in [3.05, 3.63) is 48.0 Å². The van der Waals surface area contributed by atoms with E-state index in [1.165, 1.54) is 12.3 Å². The number of nitrogens with zero attached hydrogens (tertiary/aromatic N) is 3. The van der Waals surface area contributed by atoms with Crippen LogP contribution in [0.2, 0.25) is 0 Å². The van der Waals surface area contributed by atoms with Crippen molar-refractivity contribution in [1.29, 1.82) is 0 Å². The van der Waals surface area contributed by atoms with Gasteiger partial charge in [0.25, 0.3) is 5.92 Å². The van der Waals surface area contributed by atoms with Crippen LogP contribution in [0, 0.1) is 5.82 Å². The van der Waals surface area contributed by atoms with Gasteiger partial charge in [-0.3, -0.25) is 9.67 Å². The molecule has 1 saturated heterocycles. The first kappa shape index (κ1) is 17.3. The summed E-state index contributed by atoms with van der Waals surface area (Å²) in [5.41, 5.74) is 1.57. The minimum Gasteiger partial charge on any atom is -0.442 e. The molecule has 3 heterocycles. The summed E-state index contributed by atoms with van der Waals surface area (Å²) in [4.78, 5) is 15.5. The maximum absolute atomic E-state index is 13.8. The van der Waals surface area contributed by atoms with E-state index in [1.54, 1.807) is 16.9 Å². The summed E-state index contributed by atoms with van der Waals surface area (Å²) in [6.07, 6.45) is 2.26. The molecular formula is C18H15F3N4O2. The van der Waals surface area contributed by atoms with Gasteiger partial charge in [-0.25, -0.2) is 18.0 Å². The lowest BCUT2D eigenvalue weighted by Crippen LogP contribution is -2.21. The second-order valence-corrected chi connectivity index (χ2v) is 6.45. The largest absolute Gasteiger partial charge is 0.442 e. The van der Waals surface area contributed by atoms with Gasteiger partial charge in [0.2, 0.25) is 0 Å². The lowest BCUT2D eigenvalue weighted by Gasteiger charge is -2.13. The Balaban J connectivity index is 1.71. The highest BCUT2D eigenvalue weighted by atomic mass is 19.3. The van der Waals surface area contributed by atoms with Gasteiger partial charge in [0.1, 0.15) is 17.4 Å². The fourth-order valence-corrected chi connectivity index (χ4v) is 3.03. The molecule has 6 nitrogen and oxygen atoms in total. The van der Waals surface area contributed by atoms with E-state index in [4.69, 9.17) is 4.74 Å². The molecule has 1 atom stereocenters. The van der Waals surface area contributed by atoms with E-state index in [1.807, 2.05) is 0 Å². The summed E-state index contributed by atoms with van der Waals surface area (Å²) < 4.78 is 47.7. The van der Waals surface area contributed by atoms with Gasteiger partial charge in [-0.15, -0.1) is 0 Å². The quantitative estimate of drug-likeness (QED) is 0.757. The molecule has 1 N–H and O–H groups in total. The number of alkyl carbamates (subject to hydrolysis) is 1. The van der Waals surface area contributed by atoms with Gasteiger partial charge in [0.05, 0.1) is 30.4 Å². The Labute approximate surface area is 152 Å². The van der Waals surface area contributed by atoms with Crippen molar-refractivity contribution in [3.63, 3.8) is 0 Å². The fraction of sp³-hybridized carbons (Fsp3) is 0.278. The molecule has 0 unspecified atom stereocenters. The number of cyclic esters (lactones) is 1. The Bertz CT molecular complexity index is 1030. The minimum absolute atomic E-state index is 0.328. The molecule has 1 amide bonds. The second kappa shape index (κ2) is 6.26. The minimum atomic E-state index is -3.29. The molecule has 0 bridgehead atoms.